The number of aliphatic hydroxyl groups is 1. The van der Waals surface area contributed by atoms with Crippen LogP contribution in [0.4, 0.5) is 11.9 Å². The van der Waals surface area contributed by atoms with Gasteiger partial charge in [-0.2, -0.15) is 9.97 Å². The molecule has 0 amide bonds. The Labute approximate surface area is 360 Å². The molecule has 0 unspecified atom stereocenters. The second kappa shape index (κ2) is 17.4. The minimum Gasteiger partial charge on any atom is -0.414 e. The predicted molar refractivity (Wildman–Crippen MR) is 244 cm³/mol. The molecule has 4 heterocycles. The molecular formula is C45H52Cl2N8O4Si. The summed E-state index contributed by atoms with van der Waals surface area (Å²) >= 11 is 13.1. The highest BCUT2D eigenvalue weighted by Crippen LogP contribution is 2.44. The first-order chi connectivity index (χ1) is 28.7. The third-order valence-electron chi connectivity index (χ3n) is 12.8. The first-order valence-electron chi connectivity index (χ1n) is 20.9. The van der Waals surface area contributed by atoms with Crippen LogP contribution in [-0.2, 0) is 10.8 Å². The average molecular weight is 868 g/mol. The molecule has 12 nitrogen and oxygen atoms in total. The number of nitrogens with one attached hydrogen (secondary N) is 4. The number of pyridine rings is 2. The fraction of sp³-hybridized carbons (Fsp3) is 0.422. The van der Waals surface area contributed by atoms with Crippen LogP contribution >= 0.6 is 23.2 Å². The van der Waals surface area contributed by atoms with E-state index in [0.29, 0.717) is 55.5 Å². The number of halogens is 2. The van der Waals surface area contributed by atoms with Crippen molar-refractivity contribution < 1.29 is 9.53 Å². The van der Waals surface area contributed by atoms with Gasteiger partial charge in [-0.3, -0.25) is 9.59 Å². The number of aromatic nitrogens is 6. The Morgan fingerprint density at radius 2 is 1.27 bits per heavy atom. The molecule has 2 aliphatic carbocycles. The molecule has 15 heteroatoms. The third-order valence-corrected chi connectivity index (χ3v) is 17.9. The van der Waals surface area contributed by atoms with E-state index < -0.39 is 8.32 Å². The normalized spacial score (nSPS) is 20.1. The number of aromatic amines is 2. The molecule has 2 saturated carbocycles. The highest BCUT2D eigenvalue weighted by atomic mass is 35.5. The van der Waals surface area contributed by atoms with Crippen molar-refractivity contribution in [3.63, 3.8) is 0 Å². The van der Waals surface area contributed by atoms with Crippen LogP contribution in [0, 0.1) is 0 Å². The molecule has 8 rings (SSSR count). The third kappa shape index (κ3) is 9.30. The molecule has 0 saturated heterocycles. The van der Waals surface area contributed by atoms with E-state index in [1.807, 2.05) is 42.5 Å². The lowest BCUT2D eigenvalue weighted by Gasteiger charge is -2.43. The molecule has 2 fully saturated rings. The van der Waals surface area contributed by atoms with Crippen molar-refractivity contribution >= 4 is 65.5 Å². The number of rotatable bonds is 12. The molecule has 2 aromatic carbocycles. The molecule has 0 aliphatic heterocycles. The van der Waals surface area contributed by atoms with Crippen molar-refractivity contribution in [1.82, 2.24) is 29.9 Å². The van der Waals surface area contributed by atoms with E-state index in [2.05, 4.69) is 67.5 Å². The molecular weight excluding hydrogens is 816 g/mol. The number of hydrogen-bond acceptors (Lipinski definition) is 10. The Balaban J connectivity index is 0.863. The molecule has 314 valence electrons. The van der Waals surface area contributed by atoms with Crippen LogP contribution in [0.15, 0.2) is 76.6 Å². The highest BCUT2D eigenvalue weighted by molar-refractivity contribution is 6.74. The smallest absolute Gasteiger partial charge is 0.257 e. The number of benzene rings is 2. The van der Waals surface area contributed by atoms with Crippen molar-refractivity contribution in [1.29, 1.82) is 0 Å². The topological polar surface area (TPSA) is 171 Å². The second-order valence-corrected chi connectivity index (χ2v) is 23.0. The standard InChI is InChI=1S/C45H52Cl2N8O4Si/c1-45(2,20-19-26-9-18-38(47)34(21-26)36-23-28-25-49-43(55-40(28)53-42(36)58)50-29-10-14-31(56)15-11-29)60(3,4)59-32-16-12-30(13-17-32)51-44-48-24-27-22-35(41(57)52-39(27)54-44)33-7-5-6-8-37(33)46/h5-9,18,21-25,29-32,56H,10-17,19-20H2,1-4H3,(H2,48,51,52,54,57)(H2,49,50,53,55,58). The fourth-order valence-corrected chi connectivity index (χ4v) is 11.0. The van der Waals surface area contributed by atoms with Gasteiger partial charge in [-0.15, -0.1) is 0 Å². The van der Waals surface area contributed by atoms with Gasteiger partial charge < -0.3 is 30.1 Å². The van der Waals surface area contributed by atoms with Gasteiger partial charge in [0.15, 0.2) is 8.32 Å². The quantitative estimate of drug-likeness (QED) is 0.0747. The van der Waals surface area contributed by atoms with Gasteiger partial charge in [-0.1, -0.05) is 61.3 Å². The summed E-state index contributed by atoms with van der Waals surface area (Å²) in [5, 5.41) is 19.1. The van der Waals surface area contributed by atoms with E-state index in [0.717, 1.165) is 80.5 Å². The average Bonchev–Trinajstić information content (AvgIpc) is 3.22. The van der Waals surface area contributed by atoms with Gasteiger partial charge in [-0.25, -0.2) is 9.97 Å². The maximum absolute atomic E-state index is 13.4. The zero-order valence-electron chi connectivity index (χ0n) is 34.4. The first-order valence-corrected chi connectivity index (χ1v) is 24.6. The summed E-state index contributed by atoms with van der Waals surface area (Å²) in [6.07, 6.45) is 12.1. The molecule has 5 N–H and O–H groups in total. The first kappa shape index (κ1) is 42.0. The summed E-state index contributed by atoms with van der Waals surface area (Å²) < 4.78 is 7.02. The number of aliphatic hydroxyl groups excluding tert-OH is 1. The Morgan fingerprint density at radius 1 is 0.733 bits per heavy atom. The number of hydrogen-bond donors (Lipinski definition) is 5. The van der Waals surface area contributed by atoms with Gasteiger partial charge in [0, 0.05) is 73.7 Å². The zero-order chi connectivity index (χ0) is 42.2. The van der Waals surface area contributed by atoms with E-state index >= 15 is 0 Å². The molecule has 0 atom stereocenters. The van der Waals surface area contributed by atoms with Crippen LogP contribution in [0.3, 0.4) is 0 Å². The summed E-state index contributed by atoms with van der Waals surface area (Å²) in [7, 11) is -2.19. The number of aryl methyl sites for hydroxylation is 1. The van der Waals surface area contributed by atoms with E-state index in [-0.39, 0.29) is 40.4 Å². The largest absolute Gasteiger partial charge is 0.414 e. The van der Waals surface area contributed by atoms with Crippen LogP contribution in [-0.4, -0.2) is 67.6 Å². The fourth-order valence-electron chi connectivity index (χ4n) is 8.38. The molecule has 60 heavy (non-hydrogen) atoms. The van der Waals surface area contributed by atoms with Gasteiger partial charge in [0.1, 0.15) is 11.3 Å². The lowest BCUT2D eigenvalue weighted by molar-refractivity contribution is 0.126. The number of anilines is 2. The molecule has 0 spiro atoms. The maximum atomic E-state index is 13.4. The molecule has 0 bridgehead atoms. The van der Waals surface area contributed by atoms with Gasteiger partial charge in [0.25, 0.3) is 11.1 Å². The van der Waals surface area contributed by atoms with Crippen LogP contribution < -0.4 is 21.8 Å². The molecule has 2 aliphatic rings. The summed E-state index contributed by atoms with van der Waals surface area (Å²) in [5.41, 5.74) is 3.85. The number of fused-ring (bicyclic) bond motifs is 2. The second-order valence-electron chi connectivity index (χ2n) is 17.6. The van der Waals surface area contributed by atoms with Gasteiger partial charge in [0.05, 0.1) is 6.10 Å². The van der Waals surface area contributed by atoms with Gasteiger partial charge >= 0.3 is 0 Å². The Bertz CT molecular complexity index is 2640. The van der Waals surface area contributed by atoms with E-state index in [9.17, 15) is 14.7 Å². The molecule has 4 aromatic heterocycles. The molecule has 0 radical (unpaired) electrons. The van der Waals surface area contributed by atoms with Crippen molar-refractivity contribution in [2.45, 2.75) is 120 Å². The van der Waals surface area contributed by atoms with E-state index in [1.54, 1.807) is 24.5 Å². The van der Waals surface area contributed by atoms with Crippen LogP contribution in [0.5, 0.6) is 0 Å². The van der Waals surface area contributed by atoms with Crippen LogP contribution in [0.2, 0.25) is 28.2 Å². The Morgan fingerprint density at radius 3 is 1.85 bits per heavy atom. The van der Waals surface area contributed by atoms with Gasteiger partial charge in [0.2, 0.25) is 11.9 Å². The lowest BCUT2D eigenvalue weighted by atomic mass is 9.93. The summed E-state index contributed by atoms with van der Waals surface area (Å²) in [5.74, 6) is 0.959. The minimum absolute atomic E-state index is 0.0373. The van der Waals surface area contributed by atoms with Crippen molar-refractivity contribution in [3.8, 4) is 22.3 Å². The Hall–Kier alpha value is -4.66. The Kier molecular flexibility index (Phi) is 12.2. The predicted octanol–water partition coefficient (Wildman–Crippen LogP) is 9.66. The zero-order valence-corrected chi connectivity index (χ0v) is 37.0. The maximum Gasteiger partial charge on any atom is 0.257 e. The highest BCUT2D eigenvalue weighted by Gasteiger charge is 2.43. The van der Waals surface area contributed by atoms with Crippen molar-refractivity contribution in [3.05, 3.63) is 103 Å². The lowest BCUT2D eigenvalue weighted by Crippen LogP contribution is -2.46. The van der Waals surface area contributed by atoms with E-state index in [1.165, 1.54) is 0 Å². The monoisotopic (exact) mass is 866 g/mol. The van der Waals surface area contributed by atoms with E-state index in [4.69, 9.17) is 27.6 Å². The summed E-state index contributed by atoms with van der Waals surface area (Å²) in [4.78, 5) is 50.6. The molecule has 6 aromatic rings. The van der Waals surface area contributed by atoms with Crippen LogP contribution in [0.1, 0.15) is 77.2 Å². The minimum atomic E-state index is -2.19. The SMILES string of the molecule is CC(C)(CCc1ccc(Cl)c(-c2cc3cnc(NC4CCC(O)CC4)nc3[nH]c2=O)c1)[Si](C)(C)OC1CCC(Nc2ncc3cc(-c4ccccc4Cl)c(=O)[nH]c3n2)CC1. The van der Waals surface area contributed by atoms with Crippen LogP contribution in [0.25, 0.3) is 44.3 Å². The van der Waals surface area contributed by atoms with Gasteiger partial charge in [-0.05, 0) is 118 Å². The van der Waals surface area contributed by atoms with Crippen molar-refractivity contribution in [2.75, 3.05) is 10.6 Å². The number of nitrogens with zero attached hydrogens (tertiary/aromatic N) is 4. The summed E-state index contributed by atoms with van der Waals surface area (Å²) in [6, 6.07) is 17.2. The van der Waals surface area contributed by atoms with Crippen molar-refractivity contribution in [2.24, 2.45) is 0 Å². The summed E-state index contributed by atoms with van der Waals surface area (Å²) in [6.45, 7) is 9.28. The number of H-pyrrole nitrogens is 2.